The molecule has 0 aliphatic heterocycles. The van der Waals surface area contributed by atoms with Crippen molar-refractivity contribution in [2.24, 2.45) is 0 Å². The van der Waals surface area contributed by atoms with Crippen molar-refractivity contribution in [2.75, 3.05) is 0 Å². The van der Waals surface area contributed by atoms with Gasteiger partial charge in [-0.3, -0.25) is 0 Å². The molecule has 1 heterocycles. The Kier molecular flexibility index (Phi) is 3.43. The first kappa shape index (κ1) is 12.8. The predicted octanol–water partition coefficient (Wildman–Crippen LogP) is 2.48. The summed E-state index contributed by atoms with van der Waals surface area (Å²) in [5, 5.41) is 12.4. The summed E-state index contributed by atoms with van der Waals surface area (Å²) < 4.78 is 5.35. The van der Waals surface area contributed by atoms with Gasteiger partial charge in [-0.05, 0) is 34.6 Å². The normalized spacial score (nSPS) is 11.8. The molecule has 4 heteroatoms. The van der Waals surface area contributed by atoms with Crippen LogP contribution in [-0.4, -0.2) is 16.6 Å². The average molecular weight is 225 g/mol. The Hall–Kier alpha value is -1.29. The van der Waals surface area contributed by atoms with Gasteiger partial charge >= 0.3 is 5.97 Å². The van der Waals surface area contributed by atoms with Gasteiger partial charge in [-0.15, -0.1) is 0 Å². The molecule has 90 valence electrons. The topological polar surface area (TPSA) is 62.5 Å². The number of carboxylic acid groups (broad SMARTS) is 1. The molecule has 1 aromatic heterocycles. The highest BCUT2D eigenvalue weighted by Crippen LogP contribution is 2.22. The molecule has 16 heavy (non-hydrogen) atoms. The van der Waals surface area contributed by atoms with E-state index < -0.39 is 5.97 Å². The van der Waals surface area contributed by atoms with E-state index >= 15 is 0 Å². The zero-order valence-electron chi connectivity index (χ0n) is 10.5. The quantitative estimate of drug-likeness (QED) is 0.829. The minimum atomic E-state index is -0.931. The highest BCUT2D eigenvalue weighted by atomic mass is 16.4. The second kappa shape index (κ2) is 4.29. The Labute approximate surface area is 95.7 Å². The molecule has 0 aliphatic carbocycles. The lowest BCUT2D eigenvalue weighted by molar-refractivity contribution is 0.0693. The fourth-order valence-corrected chi connectivity index (χ4v) is 1.58. The molecule has 0 fully saturated rings. The van der Waals surface area contributed by atoms with Crippen LogP contribution in [0, 0.1) is 13.8 Å². The van der Waals surface area contributed by atoms with Crippen LogP contribution in [0.2, 0.25) is 0 Å². The van der Waals surface area contributed by atoms with Gasteiger partial charge < -0.3 is 14.8 Å². The summed E-state index contributed by atoms with van der Waals surface area (Å²) in [5.74, 6) is 0.211. The molecule has 0 saturated heterocycles. The molecule has 4 nitrogen and oxygen atoms in total. The molecule has 1 rings (SSSR count). The predicted molar refractivity (Wildman–Crippen MR) is 61.7 cm³/mol. The van der Waals surface area contributed by atoms with E-state index in [1.54, 1.807) is 13.8 Å². The van der Waals surface area contributed by atoms with E-state index in [0.717, 1.165) is 5.56 Å². The van der Waals surface area contributed by atoms with E-state index in [1.807, 2.05) is 20.8 Å². The Morgan fingerprint density at radius 2 is 1.88 bits per heavy atom. The van der Waals surface area contributed by atoms with Gasteiger partial charge in [-0.1, -0.05) is 0 Å². The summed E-state index contributed by atoms with van der Waals surface area (Å²) in [6, 6.07) is 0. The molecule has 0 spiro atoms. The van der Waals surface area contributed by atoms with Gasteiger partial charge in [-0.25, -0.2) is 4.79 Å². The Balaban J connectivity index is 2.99. The number of aromatic carboxylic acids is 1. The molecule has 0 bridgehead atoms. The molecule has 2 N–H and O–H groups in total. The van der Waals surface area contributed by atoms with Crippen LogP contribution in [-0.2, 0) is 6.54 Å². The van der Waals surface area contributed by atoms with Gasteiger partial charge in [0.1, 0.15) is 17.1 Å². The smallest absolute Gasteiger partial charge is 0.339 e. The van der Waals surface area contributed by atoms with Crippen molar-refractivity contribution in [3.8, 4) is 0 Å². The standard InChI is InChI=1S/C12H19NO3/c1-7-9(6-13-12(3,4)5)10(11(14)15)8(2)16-7/h13H,6H2,1-5H3,(H,14,15). The first-order valence-corrected chi connectivity index (χ1v) is 5.29. The fraction of sp³-hybridized carbons (Fsp3) is 0.583. The van der Waals surface area contributed by atoms with E-state index in [9.17, 15) is 4.79 Å². The van der Waals surface area contributed by atoms with E-state index in [4.69, 9.17) is 9.52 Å². The molecule has 0 unspecified atom stereocenters. The first-order chi connectivity index (χ1) is 7.22. The lowest BCUT2D eigenvalue weighted by Crippen LogP contribution is -2.35. The lowest BCUT2D eigenvalue weighted by atomic mass is 10.1. The van der Waals surface area contributed by atoms with Crippen LogP contribution in [0.5, 0.6) is 0 Å². The maximum atomic E-state index is 11.1. The van der Waals surface area contributed by atoms with Crippen LogP contribution in [0.3, 0.4) is 0 Å². The largest absolute Gasteiger partial charge is 0.478 e. The van der Waals surface area contributed by atoms with Crippen molar-refractivity contribution in [1.82, 2.24) is 5.32 Å². The van der Waals surface area contributed by atoms with Crippen LogP contribution in [0.25, 0.3) is 0 Å². The van der Waals surface area contributed by atoms with Crippen molar-refractivity contribution >= 4 is 5.97 Å². The third kappa shape index (κ3) is 2.85. The molecular weight excluding hydrogens is 206 g/mol. The third-order valence-electron chi connectivity index (χ3n) is 2.39. The van der Waals surface area contributed by atoms with Crippen LogP contribution in [0.15, 0.2) is 4.42 Å². The van der Waals surface area contributed by atoms with E-state index in [2.05, 4.69) is 5.32 Å². The van der Waals surface area contributed by atoms with Gasteiger partial charge in [0.15, 0.2) is 0 Å². The van der Waals surface area contributed by atoms with Gasteiger partial charge in [0, 0.05) is 17.6 Å². The number of nitrogens with one attached hydrogen (secondary N) is 1. The second-order valence-corrected chi connectivity index (χ2v) is 4.98. The number of aryl methyl sites for hydroxylation is 2. The van der Waals surface area contributed by atoms with Crippen LogP contribution in [0.1, 0.15) is 48.2 Å². The zero-order chi connectivity index (χ0) is 12.5. The molecule has 0 aromatic carbocycles. The Morgan fingerprint density at radius 3 is 2.31 bits per heavy atom. The summed E-state index contributed by atoms with van der Waals surface area (Å²) in [5.41, 5.74) is 0.974. The average Bonchev–Trinajstić information content (AvgIpc) is 2.35. The number of hydrogen-bond acceptors (Lipinski definition) is 3. The van der Waals surface area contributed by atoms with E-state index in [-0.39, 0.29) is 11.1 Å². The Morgan fingerprint density at radius 1 is 1.31 bits per heavy atom. The van der Waals surface area contributed by atoms with Gasteiger partial charge in [0.2, 0.25) is 0 Å². The van der Waals surface area contributed by atoms with Gasteiger partial charge in [0.25, 0.3) is 0 Å². The van der Waals surface area contributed by atoms with Crippen LogP contribution in [0.4, 0.5) is 0 Å². The SMILES string of the molecule is Cc1oc(C)c(C(=O)O)c1CNC(C)(C)C. The third-order valence-corrected chi connectivity index (χ3v) is 2.39. The van der Waals surface area contributed by atoms with Crippen LogP contribution < -0.4 is 5.32 Å². The number of rotatable bonds is 3. The van der Waals surface area contributed by atoms with Crippen molar-refractivity contribution in [1.29, 1.82) is 0 Å². The molecule has 0 atom stereocenters. The molecular formula is C12H19NO3. The fourth-order valence-electron chi connectivity index (χ4n) is 1.58. The molecule has 1 aromatic rings. The van der Waals surface area contributed by atoms with E-state index in [1.165, 1.54) is 0 Å². The monoisotopic (exact) mass is 225 g/mol. The maximum Gasteiger partial charge on any atom is 0.339 e. The van der Waals surface area contributed by atoms with Gasteiger partial charge in [0.05, 0.1) is 0 Å². The molecule has 0 saturated carbocycles. The van der Waals surface area contributed by atoms with Gasteiger partial charge in [-0.2, -0.15) is 0 Å². The van der Waals surface area contributed by atoms with Crippen LogP contribution >= 0.6 is 0 Å². The van der Waals surface area contributed by atoms with E-state index in [0.29, 0.717) is 18.1 Å². The lowest BCUT2D eigenvalue weighted by Gasteiger charge is -2.20. The summed E-state index contributed by atoms with van der Waals surface area (Å²) in [4.78, 5) is 11.1. The summed E-state index contributed by atoms with van der Waals surface area (Å²) in [7, 11) is 0. The van der Waals surface area contributed by atoms with Crippen molar-refractivity contribution in [3.05, 3.63) is 22.6 Å². The first-order valence-electron chi connectivity index (χ1n) is 5.29. The van der Waals surface area contributed by atoms with Crippen molar-refractivity contribution in [3.63, 3.8) is 0 Å². The zero-order valence-corrected chi connectivity index (χ0v) is 10.5. The minimum absolute atomic E-state index is 0.0482. The van der Waals surface area contributed by atoms with Crippen molar-refractivity contribution < 1.29 is 14.3 Å². The highest BCUT2D eigenvalue weighted by Gasteiger charge is 2.21. The number of hydrogen-bond donors (Lipinski definition) is 2. The Bertz CT molecular complexity index is 399. The summed E-state index contributed by atoms with van der Waals surface area (Å²) in [6.07, 6.45) is 0. The highest BCUT2D eigenvalue weighted by molar-refractivity contribution is 5.90. The molecule has 0 radical (unpaired) electrons. The number of furan rings is 1. The maximum absolute atomic E-state index is 11.1. The molecule has 0 amide bonds. The number of carboxylic acids is 1. The summed E-state index contributed by atoms with van der Waals surface area (Å²) in [6.45, 7) is 10.1. The minimum Gasteiger partial charge on any atom is -0.478 e. The number of carbonyl (C=O) groups is 1. The van der Waals surface area contributed by atoms with Crippen molar-refractivity contribution in [2.45, 2.75) is 46.7 Å². The second-order valence-electron chi connectivity index (χ2n) is 4.98. The summed E-state index contributed by atoms with van der Waals surface area (Å²) >= 11 is 0. The molecule has 0 aliphatic rings.